The number of amides is 1. The zero-order valence-corrected chi connectivity index (χ0v) is 12.3. The molecule has 1 aliphatic heterocycles. The van der Waals surface area contributed by atoms with Gasteiger partial charge in [-0.3, -0.25) is 4.79 Å². The Hall–Kier alpha value is -1.35. The molecule has 3 rings (SSSR count). The third-order valence-electron chi connectivity index (χ3n) is 4.36. The van der Waals surface area contributed by atoms with Crippen LogP contribution in [0.1, 0.15) is 41.6 Å². The van der Waals surface area contributed by atoms with E-state index >= 15 is 0 Å². The number of rotatable bonds is 5. The molecule has 0 bridgehead atoms. The van der Waals surface area contributed by atoms with Crippen LogP contribution in [0.5, 0.6) is 0 Å². The number of carbonyl (C=O) groups excluding carboxylic acids is 1. The lowest BCUT2D eigenvalue weighted by atomic mass is 10.1. The Labute approximate surface area is 121 Å². The maximum Gasteiger partial charge on any atom is 0.253 e. The van der Waals surface area contributed by atoms with Crippen LogP contribution in [0.25, 0.3) is 0 Å². The molecule has 1 unspecified atom stereocenters. The fraction of sp³-hybridized carbons (Fsp3) is 0.588. The van der Waals surface area contributed by atoms with Gasteiger partial charge in [0.2, 0.25) is 0 Å². The summed E-state index contributed by atoms with van der Waals surface area (Å²) in [5.74, 6) is 0.941. The molecule has 1 aliphatic carbocycles. The van der Waals surface area contributed by atoms with Crippen LogP contribution in [0.4, 0.5) is 0 Å². The van der Waals surface area contributed by atoms with Crippen molar-refractivity contribution in [1.82, 2.24) is 10.2 Å². The second kappa shape index (κ2) is 5.96. The van der Waals surface area contributed by atoms with Crippen molar-refractivity contribution in [2.24, 2.45) is 5.92 Å². The first-order valence-electron chi connectivity index (χ1n) is 7.82. The largest absolute Gasteiger partial charge is 0.337 e. The maximum atomic E-state index is 12.7. The Bertz CT molecular complexity index is 458. The normalized spacial score (nSPS) is 21.9. The minimum atomic E-state index is 0.200. The van der Waals surface area contributed by atoms with Gasteiger partial charge in [-0.15, -0.1) is 0 Å². The van der Waals surface area contributed by atoms with Gasteiger partial charge >= 0.3 is 0 Å². The molecule has 1 atom stereocenters. The van der Waals surface area contributed by atoms with Crippen LogP contribution in [0.2, 0.25) is 0 Å². The highest BCUT2D eigenvalue weighted by molar-refractivity contribution is 5.94. The highest BCUT2D eigenvalue weighted by Crippen LogP contribution is 2.30. The lowest BCUT2D eigenvalue weighted by Crippen LogP contribution is -2.42. The van der Waals surface area contributed by atoms with Crippen molar-refractivity contribution < 1.29 is 4.79 Å². The summed E-state index contributed by atoms with van der Waals surface area (Å²) in [5.41, 5.74) is 2.03. The molecule has 1 saturated carbocycles. The molecule has 3 nitrogen and oxygen atoms in total. The zero-order valence-electron chi connectivity index (χ0n) is 12.3. The molecule has 108 valence electrons. The molecule has 0 aromatic heterocycles. The maximum absolute atomic E-state index is 12.7. The van der Waals surface area contributed by atoms with Gasteiger partial charge in [0.15, 0.2) is 0 Å². The van der Waals surface area contributed by atoms with E-state index in [1.165, 1.54) is 31.2 Å². The van der Waals surface area contributed by atoms with Crippen molar-refractivity contribution in [2.75, 3.05) is 19.6 Å². The molecular formula is C17H24N2O. The van der Waals surface area contributed by atoms with Crippen LogP contribution in [0.3, 0.4) is 0 Å². The van der Waals surface area contributed by atoms with Crippen LogP contribution in [0, 0.1) is 12.8 Å². The number of hydrogen-bond donors (Lipinski definition) is 1. The number of carbonyl (C=O) groups is 1. The smallest absolute Gasteiger partial charge is 0.253 e. The van der Waals surface area contributed by atoms with Gasteiger partial charge in [0, 0.05) is 24.7 Å². The van der Waals surface area contributed by atoms with Crippen LogP contribution in [0.15, 0.2) is 24.3 Å². The van der Waals surface area contributed by atoms with Crippen molar-refractivity contribution >= 4 is 5.91 Å². The van der Waals surface area contributed by atoms with E-state index in [0.717, 1.165) is 31.1 Å². The highest BCUT2D eigenvalue weighted by atomic mass is 16.2. The Kier molecular flexibility index (Phi) is 4.06. The van der Waals surface area contributed by atoms with Gasteiger partial charge in [0.25, 0.3) is 5.91 Å². The summed E-state index contributed by atoms with van der Waals surface area (Å²) in [6.07, 6.45) is 5.01. The zero-order chi connectivity index (χ0) is 13.9. The van der Waals surface area contributed by atoms with E-state index in [1.54, 1.807) is 0 Å². The summed E-state index contributed by atoms with van der Waals surface area (Å²) >= 11 is 0. The molecule has 1 aromatic carbocycles. The Morgan fingerprint density at radius 2 is 1.95 bits per heavy atom. The lowest BCUT2D eigenvalue weighted by Gasteiger charge is -2.26. The molecule has 0 spiro atoms. The van der Waals surface area contributed by atoms with Crippen LogP contribution in [-0.4, -0.2) is 36.5 Å². The summed E-state index contributed by atoms with van der Waals surface area (Å²) in [7, 11) is 0. The van der Waals surface area contributed by atoms with Gasteiger partial charge in [-0.25, -0.2) is 0 Å². The van der Waals surface area contributed by atoms with Gasteiger partial charge in [-0.1, -0.05) is 17.7 Å². The van der Waals surface area contributed by atoms with E-state index in [9.17, 15) is 4.79 Å². The van der Waals surface area contributed by atoms with Crippen molar-refractivity contribution in [2.45, 2.75) is 38.6 Å². The second-order valence-electron chi connectivity index (χ2n) is 6.31. The molecular weight excluding hydrogens is 248 g/mol. The van der Waals surface area contributed by atoms with E-state index in [4.69, 9.17) is 0 Å². The van der Waals surface area contributed by atoms with Crippen LogP contribution < -0.4 is 5.32 Å². The average molecular weight is 272 g/mol. The molecule has 2 aliphatic rings. The van der Waals surface area contributed by atoms with Gasteiger partial charge in [-0.2, -0.15) is 0 Å². The number of nitrogens with one attached hydrogen (secondary N) is 1. The third-order valence-corrected chi connectivity index (χ3v) is 4.36. The predicted octanol–water partition coefficient (Wildman–Crippen LogP) is 2.60. The van der Waals surface area contributed by atoms with E-state index < -0.39 is 0 Å². The van der Waals surface area contributed by atoms with Crippen molar-refractivity contribution in [3.8, 4) is 0 Å². The monoisotopic (exact) mass is 272 g/mol. The molecule has 1 N–H and O–H groups in total. The molecule has 1 aromatic rings. The number of benzene rings is 1. The molecule has 20 heavy (non-hydrogen) atoms. The summed E-state index contributed by atoms with van der Waals surface area (Å²) in [6.45, 7) is 4.95. The molecule has 3 heteroatoms. The standard InChI is InChI=1S/C17H24N2O/c1-13-4-8-15(9-5-13)17(20)19(11-14-6-7-14)12-16-3-2-10-18-16/h4-5,8-9,14,16,18H,2-3,6-7,10-12H2,1H3. The van der Waals surface area contributed by atoms with E-state index in [1.807, 2.05) is 24.3 Å². The SMILES string of the molecule is Cc1ccc(C(=O)N(CC2CC2)CC2CCCN2)cc1. The predicted molar refractivity (Wildman–Crippen MR) is 80.8 cm³/mol. The molecule has 1 amide bonds. The Morgan fingerprint density at radius 1 is 1.20 bits per heavy atom. The Balaban J connectivity index is 1.69. The third kappa shape index (κ3) is 3.40. The quantitative estimate of drug-likeness (QED) is 0.893. The first-order valence-corrected chi connectivity index (χ1v) is 7.82. The van der Waals surface area contributed by atoms with Crippen LogP contribution in [-0.2, 0) is 0 Å². The second-order valence-corrected chi connectivity index (χ2v) is 6.31. The van der Waals surface area contributed by atoms with Crippen molar-refractivity contribution in [3.05, 3.63) is 35.4 Å². The molecule has 1 heterocycles. The summed E-state index contributed by atoms with van der Waals surface area (Å²) in [4.78, 5) is 14.8. The summed E-state index contributed by atoms with van der Waals surface area (Å²) in [6, 6.07) is 8.45. The minimum Gasteiger partial charge on any atom is -0.337 e. The number of nitrogens with zero attached hydrogens (tertiary/aromatic N) is 1. The van der Waals surface area contributed by atoms with Crippen molar-refractivity contribution in [1.29, 1.82) is 0 Å². The fourth-order valence-corrected chi connectivity index (χ4v) is 2.91. The van der Waals surface area contributed by atoms with Crippen molar-refractivity contribution in [3.63, 3.8) is 0 Å². The van der Waals surface area contributed by atoms with E-state index in [-0.39, 0.29) is 5.91 Å². The van der Waals surface area contributed by atoms with Gasteiger partial charge in [0.05, 0.1) is 0 Å². The summed E-state index contributed by atoms with van der Waals surface area (Å²) < 4.78 is 0. The molecule has 2 fully saturated rings. The van der Waals surface area contributed by atoms with Gasteiger partial charge in [-0.05, 0) is 57.2 Å². The summed E-state index contributed by atoms with van der Waals surface area (Å²) in [5, 5.41) is 3.50. The molecule has 0 radical (unpaired) electrons. The lowest BCUT2D eigenvalue weighted by molar-refractivity contribution is 0.0733. The van der Waals surface area contributed by atoms with Crippen LogP contribution >= 0.6 is 0 Å². The average Bonchev–Trinajstić information content (AvgIpc) is 3.12. The van der Waals surface area contributed by atoms with Gasteiger partial charge < -0.3 is 10.2 Å². The molecule has 1 saturated heterocycles. The number of aryl methyl sites for hydroxylation is 1. The van der Waals surface area contributed by atoms with E-state index in [0.29, 0.717) is 6.04 Å². The van der Waals surface area contributed by atoms with E-state index in [2.05, 4.69) is 17.1 Å². The highest BCUT2D eigenvalue weighted by Gasteiger charge is 2.29. The topological polar surface area (TPSA) is 32.3 Å². The first kappa shape index (κ1) is 13.6. The number of hydrogen-bond acceptors (Lipinski definition) is 2. The fourth-order valence-electron chi connectivity index (χ4n) is 2.91. The Morgan fingerprint density at radius 3 is 2.55 bits per heavy atom. The minimum absolute atomic E-state index is 0.200. The van der Waals surface area contributed by atoms with Gasteiger partial charge in [0.1, 0.15) is 0 Å². The first-order chi connectivity index (χ1) is 9.72.